The van der Waals surface area contributed by atoms with Crippen molar-refractivity contribution >= 4 is 5.91 Å². The number of hydrogen-bond acceptors (Lipinski definition) is 2. The summed E-state index contributed by atoms with van der Waals surface area (Å²) in [6.45, 7) is 1.68. The minimum atomic E-state index is -2.90. The maximum absolute atomic E-state index is 13.5. The van der Waals surface area contributed by atoms with Crippen molar-refractivity contribution in [3.8, 4) is 0 Å². The monoisotopic (exact) mass is 229 g/mol. The van der Waals surface area contributed by atoms with Crippen LogP contribution >= 0.6 is 0 Å². The Hall–Kier alpha value is -1.46. The van der Waals surface area contributed by atoms with Crippen molar-refractivity contribution in [3.63, 3.8) is 0 Å². The zero-order chi connectivity index (χ0) is 12.1. The van der Waals surface area contributed by atoms with Gasteiger partial charge < -0.3 is 4.90 Å². The number of halogens is 2. The molecular formula is C10H13F2N3O. The van der Waals surface area contributed by atoms with Crippen LogP contribution in [0.5, 0.6) is 0 Å². The first-order chi connectivity index (χ1) is 7.34. The molecule has 1 atom stereocenters. The van der Waals surface area contributed by atoms with E-state index >= 15 is 0 Å². The van der Waals surface area contributed by atoms with Crippen LogP contribution in [0.15, 0.2) is 0 Å². The van der Waals surface area contributed by atoms with Gasteiger partial charge in [0.05, 0.1) is 0 Å². The standard InChI is InChI=1S/C10H13F2N3O/c1-5-4-10(11,12)8-6(5)7(13-14-8)9(16)15(2)3/h5H,4H2,1-3H3,(H,13,14)/t5-/m0/s1. The van der Waals surface area contributed by atoms with E-state index in [0.717, 1.165) is 0 Å². The van der Waals surface area contributed by atoms with E-state index in [4.69, 9.17) is 0 Å². The zero-order valence-corrected chi connectivity index (χ0v) is 9.34. The van der Waals surface area contributed by atoms with Gasteiger partial charge in [-0.3, -0.25) is 9.89 Å². The highest BCUT2D eigenvalue weighted by Gasteiger charge is 2.47. The number of fused-ring (bicyclic) bond motifs is 1. The van der Waals surface area contributed by atoms with Gasteiger partial charge in [-0.15, -0.1) is 0 Å². The number of nitrogens with one attached hydrogen (secondary N) is 1. The van der Waals surface area contributed by atoms with Crippen LogP contribution in [-0.4, -0.2) is 35.1 Å². The lowest BCUT2D eigenvalue weighted by molar-refractivity contribution is -0.0103. The molecule has 0 radical (unpaired) electrons. The molecule has 0 saturated heterocycles. The summed E-state index contributed by atoms with van der Waals surface area (Å²) in [6.07, 6.45) is -0.260. The van der Waals surface area contributed by atoms with Crippen LogP contribution in [0.4, 0.5) is 8.78 Å². The van der Waals surface area contributed by atoms with Gasteiger partial charge in [0.1, 0.15) is 5.69 Å². The third-order valence-corrected chi connectivity index (χ3v) is 2.83. The number of amides is 1. The maximum Gasteiger partial charge on any atom is 0.290 e. The summed E-state index contributed by atoms with van der Waals surface area (Å²) in [5, 5.41) is 6.00. The fourth-order valence-corrected chi connectivity index (χ4v) is 2.07. The molecule has 0 saturated carbocycles. The van der Waals surface area contributed by atoms with E-state index in [1.165, 1.54) is 4.90 Å². The van der Waals surface area contributed by atoms with E-state index in [1.807, 2.05) is 0 Å². The summed E-state index contributed by atoms with van der Waals surface area (Å²) in [7, 11) is 3.14. The number of aromatic nitrogens is 2. The van der Waals surface area contributed by atoms with Gasteiger partial charge in [-0.05, 0) is 5.92 Å². The average Bonchev–Trinajstić information content (AvgIpc) is 2.67. The Kier molecular flexibility index (Phi) is 2.25. The van der Waals surface area contributed by atoms with Crippen molar-refractivity contribution in [3.05, 3.63) is 17.0 Å². The fraction of sp³-hybridized carbons (Fsp3) is 0.600. The molecule has 0 aromatic carbocycles. The number of hydrogen-bond donors (Lipinski definition) is 1. The molecule has 4 nitrogen and oxygen atoms in total. The topological polar surface area (TPSA) is 49.0 Å². The summed E-state index contributed by atoms with van der Waals surface area (Å²) in [4.78, 5) is 13.1. The van der Waals surface area contributed by atoms with Crippen LogP contribution in [0.3, 0.4) is 0 Å². The molecule has 1 aromatic heterocycles. The predicted octanol–water partition coefficient (Wildman–Crippen LogP) is 1.71. The number of carbonyl (C=O) groups excluding carboxylic acids is 1. The Labute approximate surface area is 91.6 Å². The van der Waals surface area contributed by atoms with E-state index in [1.54, 1.807) is 21.0 Å². The molecular weight excluding hydrogens is 216 g/mol. The van der Waals surface area contributed by atoms with Crippen molar-refractivity contribution in [2.45, 2.75) is 25.2 Å². The number of aromatic amines is 1. The molecule has 1 aromatic rings. The third kappa shape index (κ3) is 1.40. The molecule has 1 amide bonds. The Morgan fingerprint density at radius 3 is 2.75 bits per heavy atom. The first-order valence-corrected chi connectivity index (χ1v) is 5.03. The molecule has 1 N–H and O–H groups in total. The Balaban J connectivity index is 2.50. The lowest BCUT2D eigenvalue weighted by Crippen LogP contribution is -2.23. The Morgan fingerprint density at radius 1 is 1.56 bits per heavy atom. The lowest BCUT2D eigenvalue weighted by Gasteiger charge is -2.10. The minimum absolute atomic E-state index is 0.115. The molecule has 2 rings (SSSR count). The van der Waals surface area contributed by atoms with Crippen molar-refractivity contribution < 1.29 is 13.6 Å². The molecule has 88 valence electrons. The summed E-state index contributed by atoms with van der Waals surface area (Å²) in [6, 6.07) is 0. The number of rotatable bonds is 1. The summed E-state index contributed by atoms with van der Waals surface area (Å²) < 4.78 is 26.9. The van der Waals surface area contributed by atoms with Crippen LogP contribution in [0, 0.1) is 0 Å². The summed E-state index contributed by atoms with van der Waals surface area (Å²) >= 11 is 0. The molecule has 1 aliphatic carbocycles. The van der Waals surface area contributed by atoms with Crippen LogP contribution in [0.1, 0.15) is 41.0 Å². The number of alkyl halides is 2. The SMILES string of the molecule is C[C@H]1CC(F)(F)c2[nH]nc(C(=O)N(C)C)c21. The maximum atomic E-state index is 13.5. The second-order valence-electron chi connectivity index (χ2n) is 4.37. The second kappa shape index (κ2) is 3.26. The second-order valence-corrected chi connectivity index (χ2v) is 4.37. The fourth-order valence-electron chi connectivity index (χ4n) is 2.07. The molecule has 0 fully saturated rings. The zero-order valence-electron chi connectivity index (χ0n) is 9.34. The molecule has 16 heavy (non-hydrogen) atoms. The highest BCUT2D eigenvalue weighted by Crippen LogP contribution is 2.48. The number of nitrogens with zero attached hydrogens (tertiary/aromatic N) is 2. The van der Waals surface area contributed by atoms with E-state index in [0.29, 0.717) is 5.56 Å². The van der Waals surface area contributed by atoms with Crippen LogP contribution < -0.4 is 0 Å². The van der Waals surface area contributed by atoms with Gasteiger partial charge in [0.2, 0.25) is 0 Å². The van der Waals surface area contributed by atoms with Crippen LogP contribution in [-0.2, 0) is 5.92 Å². The van der Waals surface area contributed by atoms with Gasteiger partial charge in [0, 0.05) is 26.1 Å². The molecule has 0 aliphatic heterocycles. The van der Waals surface area contributed by atoms with Gasteiger partial charge in [-0.1, -0.05) is 6.92 Å². The first kappa shape index (κ1) is 11.0. The van der Waals surface area contributed by atoms with E-state index in [2.05, 4.69) is 10.2 Å². The van der Waals surface area contributed by atoms with Crippen LogP contribution in [0.25, 0.3) is 0 Å². The quantitative estimate of drug-likeness (QED) is 0.797. The van der Waals surface area contributed by atoms with Crippen molar-refractivity contribution in [1.82, 2.24) is 15.1 Å². The largest absolute Gasteiger partial charge is 0.343 e. The van der Waals surface area contributed by atoms with Crippen molar-refractivity contribution in [2.75, 3.05) is 14.1 Å². The lowest BCUT2D eigenvalue weighted by atomic mass is 10.0. The van der Waals surface area contributed by atoms with Gasteiger partial charge >= 0.3 is 0 Å². The Morgan fingerprint density at radius 2 is 2.19 bits per heavy atom. The smallest absolute Gasteiger partial charge is 0.290 e. The minimum Gasteiger partial charge on any atom is -0.343 e. The number of H-pyrrole nitrogens is 1. The summed E-state index contributed by atoms with van der Waals surface area (Å²) in [5.74, 6) is -3.59. The van der Waals surface area contributed by atoms with E-state index in [-0.39, 0.29) is 29.6 Å². The highest BCUT2D eigenvalue weighted by atomic mass is 19.3. The van der Waals surface area contributed by atoms with Crippen molar-refractivity contribution in [2.24, 2.45) is 0 Å². The van der Waals surface area contributed by atoms with E-state index in [9.17, 15) is 13.6 Å². The average molecular weight is 229 g/mol. The van der Waals surface area contributed by atoms with Crippen molar-refractivity contribution in [1.29, 1.82) is 0 Å². The molecule has 1 heterocycles. The van der Waals surface area contributed by atoms with Gasteiger partial charge in [0.25, 0.3) is 11.8 Å². The molecule has 0 spiro atoms. The van der Waals surface area contributed by atoms with Crippen LogP contribution in [0.2, 0.25) is 0 Å². The van der Waals surface area contributed by atoms with Gasteiger partial charge in [-0.2, -0.15) is 13.9 Å². The first-order valence-electron chi connectivity index (χ1n) is 5.03. The predicted molar refractivity (Wildman–Crippen MR) is 53.5 cm³/mol. The highest BCUT2D eigenvalue weighted by molar-refractivity contribution is 5.94. The Bertz CT molecular complexity index is 439. The molecule has 6 heteroatoms. The molecule has 0 unspecified atom stereocenters. The molecule has 0 bridgehead atoms. The number of carbonyl (C=O) groups is 1. The van der Waals surface area contributed by atoms with Gasteiger partial charge in [0.15, 0.2) is 5.69 Å². The third-order valence-electron chi connectivity index (χ3n) is 2.83. The van der Waals surface area contributed by atoms with Gasteiger partial charge in [-0.25, -0.2) is 0 Å². The molecule has 1 aliphatic rings. The summed E-state index contributed by atoms with van der Waals surface area (Å²) in [5.41, 5.74) is 0.276. The normalized spacial score (nSPS) is 21.9. The van der Waals surface area contributed by atoms with E-state index < -0.39 is 5.92 Å².